The second kappa shape index (κ2) is 8.93. The van der Waals surface area contributed by atoms with Crippen LogP contribution in [-0.4, -0.2) is 49.5 Å². The molecule has 1 unspecified atom stereocenters. The van der Waals surface area contributed by atoms with Crippen LogP contribution < -0.4 is 16.4 Å². The van der Waals surface area contributed by atoms with Gasteiger partial charge >= 0.3 is 6.03 Å². The molecule has 5 N–H and O–H groups in total. The van der Waals surface area contributed by atoms with E-state index < -0.39 is 12.1 Å². The number of urea groups is 1. The maximum absolute atomic E-state index is 11.3. The van der Waals surface area contributed by atoms with Crippen LogP contribution in [0.5, 0.6) is 0 Å². The molecule has 0 aliphatic heterocycles. The van der Waals surface area contributed by atoms with Crippen molar-refractivity contribution in [3.8, 4) is 0 Å². The third-order valence-electron chi connectivity index (χ3n) is 1.75. The Labute approximate surface area is 94.3 Å². The second-order valence-electron chi connectivity index (χ2n) is 3.21. The quantitative estimate of drug-likeness (QED) is 0.384. The summed E-state index contributed by atoms with van der Waals surface area (Å²) in [6, 6.07) is -1.37. The van der Waals surface area contributed by atoms with Gasteiger partial charge < -0.3 is 26.2 Å². The third-order valence-corrected chi connectivity index (χ3v) is 1.75. The number of nitrogens with two attached hydrogens (primary N) is 1. The number of aliphatic hydroxyl groups is 1. The lowest BCUT2D eigenvalue weighted by Gasteiger charge is -2.12. The first kappa shape index (κ1) is 14.7. The molecule has 0 bridgehead atoms. The molecule has 7 nitrogen and oxygen atoms in total. The molecule has 94 valence electrons. The van der Waals surface area contributed by atoms with Gasteiger partial charge in [0.1, 0.15) is 6.04 Å². The standard InChI is InChI=1S/C9H19N3O4/c1-7(12-9(10)15)8(14)11-3-2-5-16-6-4-13/h7,13H,2-6H2,1H3,(H,11,14)(H3,10,12,15). The lowest BCUT2D eigenvalue weighted by Crippen LogP contribution is -2.47. The summed E-state index contributed by atoms with van der Waals surface area (Å²) in [5.74, 6) is -0.291. The predicted molar refractivity (Wildman–Crippen MR) is 57.7 cm³/mol. The van der Waals surface area contributed by atoms with E-state index in [0.29, 0.717) is 26.2 Å². The Morgan fingerprint density at radius 1 is 1.44 bits per heavy atom. The zero-order valence-corrected chi connectivity index (χ0v) is 9.36. The summed E-state index contributed by atoms with van der Waals surface area (Å²) in [5, 5.41) is 13.3. The van der Waals surface area contributed by atoms with E-state index in [0.717, 1.165) is 0 Å². The number of carbonyl (C=O) groups excluding carboxylic acids is 2. The van der Waals surface area contributed by atoms with Gasteiger partial charge in [-0.1, -0.05) is 0 Å². The Bertz CT molecular complexity index is 223. The average molecular weight is 233 g/mol. The molecule has 7 heteroatoms. The molecule has 3 amide bonds. The minimum absolute atomic E-state index is 0.00801. The van der Waals surface area contributed by atoms with Gasteiger partial charge in [-0.2, -0.15) is 0 Å². The molecular weight excluding hydrogens is 214 g/mol. The van der Waals surface area contributed by atoms with Gasteiger partial charge in [-0.15, -0.1) is 0 Å². The van der Waals surface area contributed by atoms with Crippen molar-refractivity contribution in [1.82, 2.24) is 10.6 Å². The molecule has 0 saturated carbocycles. The van der Waals surface area contributed by atoms with Crippen LogP contribution in [0.4, 0.5) is 4.79 Å². The van der Waals surface area contributed by atoms with Crippen molar-refractivity contribution < 1.29 is 19.4 Å². The maximum atomic E-state index is 11.3. The number of nitrogens with one attached hydrogen (secondary N) is 2. The van der Waals surface area contributed by atoms with E-state index in [-0.39, 0.29) is 12.5 Å². The molecule has 0 radical (unpaired) electrons. The fourth-order valence-electron chi connectivity index (χ4n) is 0.984. The van der Waals surface area contributed by atoms with Crippen molar-refractivity contribution in [3.05, 3.63) is 0 Å². The summed E-state index contributed by atoms with van der Waals surface area (Å²) in [5.41, 5.74) is 4.87. The number of amides is 3. The highest BCUT2D eigenvalue weighted by Crippen LogP contribution is 1.84. The summed E-state index contributed by atoms with van der Waals surface area (Å²) in [7, 11) is 0. The fraction of sp³-hybridized carbons (Fsp3) is 0.778. The molecule has 0 rings (SSSR count). The first-order valence-corrected chi connectivity index (χ1v) is 5.10. The predicted octanol–water partition coefficient (Wildman–Crippen LogP) is -1.44. The number of ether oxygens (including phenoxy) is 1. The monoisotopic (exact) mass is 233 g/mol. The molecule has 0 saturated heterocycles. The van der Waals surface area contributed by atoms with Gasteiger partial charge in [-0.3, -0.25) is 4.79 Å². The van der Waals surface area contributed by atoms with E-state index in [1.54, 1.807) is 6.92 Å². The Morgan fingerprint density at radius 3 is 2.69 bits per heavy atom. The smallest absolute Gasteiger partial charge is 0.312 e. The highest BCUT2D eigenvalue weighted by atomic mass is 16.5. The van der Waals surface area contributed by atoms with E-state index in [1.807, 2.05) is 0 Å². The van der Waals surface area contributed by atoms with Crippen LogP contribution >= 0.6 is 0 Å². The van der Waals surface area contributed by atoms with Gasteiger partial charge in [0.2, 0.25) is 5.91 Å². The summed E-state index contributed by atoms with van der Waals surface area (Å²) in [6.07, 6.45) is 0.648. The third kappa shape index (κ3) is 8.01. The molecular formula is C9H19N3O4. The number of aliphatic hydroxyl groups excluding tert-OH is 1. The minimum atomic E-state index is -0.728. The van der Waals surface area contributed by atoms with E-state index >= 15 is 0 Å². The topological polar surface area (TPSA) is 114 Å². The van der Waals surface area contributed by atoms with Crippen molar-refractivity contribution in [1.29, 1.82) is 0 Å². The van der Waals surface area contributed by atoms with Crippen molar-refractivity contribution >= 4 is 11.9 Å². The summed E-state index contributed by atoms with van der Waals surface area (Å²) < 4.78 is 5.00. The minimum Gasteiger partial charge on any atom is -0.394 e. The molecule has 0 aliphatic carbocycles. The molecule has 1 atom stereocenters. The van der Waals surface area contributed by atoms with Gasteiger partial charge in [0.05, 0.1) is 13.2 Å². The van der Waals surface area contributed by atoms with Crippen molar-refractivity contribution in [2.24, 2.45) is 5.73 Å². The second-order valence-corrected chi connectivity index (χ2v) is 3.21. The van der Waals surface area contributed by atoms with Gasteiger partial charge in [0.25, 0.3) is 0 Å². The SMILES string of the molecule is CC(NC(N)=O)C(=O)NCCCOCCO. The van der Waals surface area contributed by atoms with Crippen molar-refractivity contribution in [3.63, 3.8) is 0 Å². The molecule has 16 heavy (non-hydrogen) atoms. The number of primary amides is 1. The lowest BCUT2D eigenvalue weighted by molar-refractivity contribution is -0.122. The summed E-state index contributed by atoms with van der Waals surface area (Å²) >= 11 is 0. The molecule has 0 aromatic rings. The van der Waals surface area contributed by atoms with E-state index in [9.17, 15) is 9.59 Å². The van der Waals surface area contributed by atoms with Crippen LogP contribution in [0.25, 0.3) is 0 Å². The van der Waals surface area contributed by atoms with Crippen LogP contribution in [0.2, 0.25) is 0 Å². The normalized spacial score (nSPS) is 11.9. The average Bonchev–Trinajstić information content (AvgIpc) is 2.21. The molecule has 0 heterocycles. The number of carbonyl (C=O) groups is 2. The highest BCUT2D eigenvalue weighted by Gasteiger charge is 2.12. The van der Waals surface area contributed by atoms with Crippen molar-refractivity contribution in [2.45, 2.75) is 19.4 Å². The van der Waals surface area contributed by atoms with Gasteiger partial charge in [-0.05, 0) is 13.3 Å². The van der Waals surface area contributed by atoms with E-state index in [2.05, 4.69) is 10.6 Å². The zero-order valence-electron chi connectivity index (χ0n) is 9.36. The highest BCUT2D eigenvalue weighted by molar-refractivity contribution is 5.86. The Kier molecular flexibility index (Phi) is 8.18. The molecule has 0 spiro atoms. The van der Waals surface area contributed by atoms with E-state index in [4.69, 9.17) is 15.6 Å². The Hall–Kier alpha value is -1.34. The molecule has 0 aromatic carbocycles. The molecule has 0 fully saturated rings. The number of hydrogen-bond acceptors (Lipinski definition) is 4. The Morgan fingerprint density at radius 2 is 2.12 bits per heavy atom. The number of hydrogen-bond donors (Lipinski definition) is 4. The van der Waals surface area contributed by atoms with Crippen molar-refractivity contribution in [2.75, 3.05) is 26.4 Å². The van der Waals surface area contributed by atoms with Crippen LogP contribution in [0.3, 0.4) is 0 Å². The molecule has 0 aliphatic rings. The van der Waals surface area contributed by atoms with Crippen LogP contribution in [0, 0.1) is 0 Å². The van der Waals surface area contributed by atoms with Crippen LogP contribution in [0.1, 0.15) is 13.3 Å². The summed E-state index contributed by atoms with van der Waals surface area (Å²) in [6.45, 7) is 2.76. The van der Waals surface area contributed by atoms with Crippen LogP contribution in [0.15, 0.2) is 0 Å². The van der Waals surface area contributed by atoms with Gasteiger partial charge in [0, 0.05) is 13.2 Å². The van der Waals surface area contributed by atoms with Gasteiger partial charge in [-0.25, -0.2) is 4.79 Å². The number of rotatable bonds is 8. The largest absolute Gasteiger partial charge is 0.394 e. The molecule has 0 aromatic heterocycles. The first-order chi connectivity index (χ1) is 7.57. The lowest BCUT2D eigenvalue weighted by atomic mass is 10.3. The first-order valence-electron chi connectivity index (χ1n) is 5.10. The van der Waals surface area contributed by atoms with Crippen LogP contribution in [-0.2, 0) is 9.53 Å². The fourth-order valence-corrected chi connectivity index (χ4v) is 0.984. The summed E-state index contributed by atoms with van der Waals surface area (Å²) in [4.78, 5) is 21.8. The van der Waals surface area contributed by atoms with E-state index in [1.165, 1.54) is 0 Å². The zero-order chi connectivity index (χ0) is 12.4. The maximum Gasteiger partial charge on any atom is 0.312 e. The Balaban J connectivity index is 3.46. The van der Waals surface area contributed by atoms with Gasteiger partial charge in [0.15, 0.2) is 0 Å².